The Kier molecular flexibility index (Phi) is 6.79. The molecule has 0 bridgehead atoms. The van der Waals surface area contributed by atoms with Gasteiger partial charge >= 0.3 is 12.1 Å². The molecule has 194 valence electrons. The summed E-state index contributed by atoms with van der Waals surface area (Å²) in [5.41, 5.74) is 2.81. The number of carbonyl (C=O) groups is 1. The van der Waals surface area contributed by atoms with Crippen LogP contribution in [0.25, 0.3) is 0 Å². The van der Waals surface area contributed by atoms with Crippen molar-refractivity contribution in [3.63, 3.8) is 0 Å². The number of alkyl halides is 3. The number of aryl methyl sites for hydroxylation is 2. The molecule has 1 saturated heterocycles. The molecule has 1 N–H and O–H groups in total. The summed E-state index contributed by atoms with van der Waals surface area (Å²) in [6.07, 6.45) is 0.641. The van der Waals surface area contributed by atoms with E-state index in [2.05, 4.69) is 23.1 Å². The van der Waals surface area contributed by atoms with Gasteiger partial charge in [0.1, 0.15) is 11.9 Å². The molecule has 36 heavy (non-hydrogen) atoms. The monoisotopic (exact) mass is 501 g/mol. The van der Waals surface area contributed by atoms with Gasteiger partial charge in [0.25, 0.3) is 0 Å². The number of nitrogens with zero attached hydrogens (tertiary/aromatic N) is 1. The SMILES string of the molecule is Cc1ccc(C(F)(F)F)c(CN2CC(C3CCCc4ccc([C@H](C5CC5)[C@H](C)C(=O)O)cc4O3)C2)c1. The standard InChI is InChI=1S/C29H34F3NO3/c1-17-6-11-24(29(30,31)32)22(12-17)14-33-15-23(16-33)25-5-3-4-19-7-10-21(13-26(19)36-25)27(20-8-9-20)18(2)28(34)35/h6-7,10-13,18,20,23,25,27H,3-5,8-9,14-16H2,1-2H3,(H,34,35)/t18-,25?,27-/m0/s1. The van der Waals surface area contributed by atoms with Crippen LogP contribution in [0, 0.1) is 24.7 Å². The molecule has 0 aromatic heterocycles. The molecule has 2 heterocycles. The fourth-order valence-electron chi connectivity index (χ4n) is 6.07. The van der Waals surface area contributed by atoms with Crippen LogP contribution >= 0.6 is 0 Å². The number of carboxylic acid groups (broad SMARTS) is 1. The minimum Gasteiger partial charge on any atom is -0.490 e. The van der Waals surface area contributed by atoms with Gasteiger partial charge in [0, 0.05) is 25.6 Å². The number of hydrogen-bond acceptors (Lipinski definition) is 3. The largest absolute Gasteiger partial charge is 0.490 e. The van der Waals surface area contributed by atoms with Gasteiger partial charge in [-0.1, -0.05) is 36.8 Å². The Morgan fingerprint density at radius 3 is 2.56 bits per heavy atom. The van der Waals surface area contributed by atoms with Crippen LogP contribution in [0.4, 0.5) is 13.2 Å². The third-order valence-electron chi connectivity index (χ3n) is 8.22. The molecule has 1 aliphatic carbocycles. The Bertz CT molecular complexity index is 1120. The maximum absolute atomic E-state index is 13.5. The minimum absolute atomic E-state index is 0.00513. The summed E-state index contributed by atoms with van der Waals surface area (Å²) in [6, 6.07) is 10.6. The molecule has 4 nitrogen and oxygen atoms in total. The van der Waals surface area contributed by atoms with E-state index in [0.29, 0.717) is 24.6 Å². The maximum atomic E-state index is 13.5. The van der Waals surface area contributed by atoms with Gasteiger partial charge in [-0.2, -0.15) is 13.2 Å². The zero-order chi connectivity index (χ0) is 25.6. The number of likely N-dealkylation sites (tertiary alicyclic amines) is 1. The number of rotatable bonds is 7. The smallest absolute Gasteiger partial charge is 0.416 e. The number of aliphatic carboxylic acids is 1. The Morgan fingerprint density at radius 2 is 1.89 bits per heavy atom. The van der Waals surface area contributed by atoms with Gasteiger partial charge in [-0.05, 0) is 79.7 Å². The summed E-state index contributed by atoms with van der Waals surface area (Å²) in [6.45, 7) is 5.33. The quantitative estimate of drug-likeness (QED) is 0.474. The molecular weight excluding hydrogens is 467 g/mol. The van der Waals surface area contributed by atoms with Gasteiger partial charge < -0.3 is 9.84 Å². The molecule has 1 unspecified atom stereocenters. The second-order valence-corrected chi connectivity index (χ2v) is 11.0. The van der Waals surface area contributed by atoms with Crippen LogP contribution in [-0.2, 0) is 23.9 Å². The third-order valence-corrected chi connectivity index (χ3v) is 8.22. The first-order chi connectivity index (χ1) is 17.1. The zero-order valence-electron chi connectivity index (χ0n) is 20.9. The molecule has 0 radical (unpaired) electrons. The summed E-state index contributed by atoms with van der Waals surface area (Å²) in [5, 5.41) is 9.64. The highest BCUT2D eigenvalue weighted by Crippen LogP contribution is 2.48. The molecule has 7 heteroatoms. The van der Waals surface area contributed by atoms with Crippen LogP contribution in [0.1, 0.15) is 66.3 Å². The lowest BCUT2D eigenvalue weighted by Crippen LogP contribution is -2.52. The predicted octanol–water partition coefficient (Wildman–Crippen LogP) is 6.44. The molecular formula is C29H34F3NO3. The van der Waals surface area contributed by atoms with Crippen molar-refractivity contribution in [2.45, 2.75) is 70.7 Å². The molecule has 0 amide bonds. The van der Waals surface area contributed by atoms with Crippen molar-refractivity contribution in [1.82, 2.24) is 4.90 Å². The summed E-state index contributed by atoms with van der Waals surface area (Å²) in [4.78, 5) is 13.8. The minimum atomic E-state index is -4.35. The third kappa shape index (κ3) is 5.26. The van der Waals surface area contributed by atoms with E-state index in [1.54, 1.807) is 13.0 Å². The first kappa shape index (κ1) is 25.1. The van der Waals surface area contributed by atoms with Crippen LogP contribution in [0.3, 0.4) is 0 Å². The first-order valence-corrected chi connectivity index (χ1v) is 13.0. The fourth-order valence-corrected chi connectivity index (χ4v) is 6.07. The normalized spacial score (nSPS) is 22.6. The second-order valence-electron chi connectivity index (χ2n) is 11.0. The Balaban J connectivity index is 1.27. The maximum Gasteiger partial charge on any atom is 0.416 e. The van der Waals surface area contributed by atoms with E-state index in [1.807, 2.05) is 6.92 Å². The number of halogens is 3. The van der Waals surface area contributed by atoms with Gasteiger partial charge in [-0.25, -0.2) is 0 Å². The van der Waals surface area contributed by atoms with E-state index >= 15 is 0 Å². The van der Waals surface area contributed by atoms with Crippen LogP contribution < -0.4 is 4.74 Å². The average molecular weight is 502 g/mol. The van der Waals surface area contributed by atoms with Gasteiger partial charge in [0.05, 0.1) is 11.5 Å². The Morgan fingerprint density at radius 1 is 1.14 bits per heavy atom. The van der Waals surface area contributed by atoms with Crippen molar-refractivity contribution in [1.29, 1.82) is 0 Å². The number of benzene rings is 2. The van der Waals surface area contributed by atoms with Crippen molar-refractivity contribution >= 4 is 5.97 Å². The van der Waals surface area contributed by atoms with Crippen molar-refractivity contribution < 1.29 is 27.8 Å². The molecule has 2 aromatic rings. The van der Waals surface area contributed by atoms with Gasteiger partial charge in [-0.3, -0.25) is 9.69 Å². The number of hydrogen-bond donors (Lipinski definition) is 1. The Labute approximate surface area is 210 Å². The molecule has 2 aromatic carbocycles. The summed E-state index contributed by atoms with van der Waals surface area (Å²) >= 11 is 0. The van der Waals surface area contributed by atoms with Gasteiger partial charge in [0.2, 0.25) is 0 Å². The lowest BCUT2D eigenvalue weighted by Gasteiger charge is -2.43. The topological polar surface area (TPSA) is 49.8 Å². The van der Waals surface area contributed by atoms with E-state index < -0.39 is 23.6 Å². The number of carboxylic acids is 1. The molecule has 0 spiro atoms. The molecule has 3 aliphatic rings. The Hall–Kier alpha value is -2.54. The molecule has 1 saturated carbocycles. The number of fused-ring (bicyclic) bond motifs is 1. The lowest BCUT2D eigenvalue weighted by atomic mass is 9.82. The zero-order valence-corrected chi connectivity index (χ0v) is 20.9. The average Bonchev–Trinajstić information content (AvgIpc) is 3.62. The van der Waals surface area contributed by atoms with E-state index in [1.165, 1.54) is 12.1 Å². The van der Waals surface area contributed by atoms with Crippen LogP contribution in [0.15, 0.2) is 36.4 Å². The highest BCUT2D eigenvalue weighted by molar-refractivity contribution is 5.71. The van der Waals surface area contributed by atoms with Crippen molar-refractivity contribution in [2.75, 3.05) is 13.1 Å². The van der Waals surface area contributed by atoms with Gasteiger partial charge in [-0.15, -0.1) is 0 Å². The van der Waals surface area contributed by atoms with Crippen LogP contribution in [0.2, 0.25) is 0 Å². The first-order valence-electron chi connectivity index (χ1n) is 13.0. The summed E-state index contributed by atoms with van der Waals surface area (Å²) in [5.74, 6) is 0.331. The second kappa shape index (κ2) is 9.73. The fraction of sp³-hybridized carbons (Fsp3) is 0.552. The van der Waals surface area contributed by atoms with Crippen molar-refractivity contribution in [3.8, 4) is 5.75 Å². The highest BCUT2D eigenvalue weighted by atomic mass is 19.4. The summed E-state index contributed by atoms with van der Waals surface area (Å²) in [7, 11) is 0. The summed E-state index contributed by atoms with van der Waals surface area (Å²) < 4.78 is 46.9. The van der Waals surface area contributed by atoms with Gasteiger partial charge in [0.15, 0.2) is 0 Å². The molecule has 5 rings (SSSR count). The predicted molar refractivity (Wildman–Crippen MR) is 131 cm³/mol. The lowest BCUT2D eigenvalue weighted by molar-refractivity contribution is -0.142. The van der Waals surface area contributed by atoms with E-state index in [0.717, 1.165) is 54.5 Å². The van der Waals surface area contributed by atoms with Crippen LogP contribution in [0.5, 0.6) is 5.75 Å². The molecule has 2 aliphatic heterocycles. The molecule has 2 fully saturated rings. The highest BCUT2D eigenvalue weighted by Gasteiger charge is 2.40. The van der Waals surface area contributed by atoms with E-state index in [4.69, 9.17) is 4.74 Å². The van der Waals surface area contributed by atoms with Crippen molar-refractivity contribution in [2.24, 2.45) is 17.8 Å². The van der Waals surface area contributed by atoms with E-state index in [9.17, 15) is 23.1 Å². The van der Waals surface area contributed by atoms with E-state index in [-0.39, 0.29) is 24.5 Å². The van der Waals surface area contributed by atoms with Crippen LogP contribution in [-0.4, -0.2) is 35.2 Å². The number of ether oxygens (including phenoxy) is 1. The van der Waals surface area contributed by atoms with Crippen molar-refractivity contribution in [3.05, 3.63) is 64.2 Å². The molecule has 3 atom stereocenters.